The Balaban J connectivity index is 1.80. The molecule has 1 fully saturated rings. The van der Waals surface area contributed by atoms with Gasteiger partial charge in [0.2, 0.25) is 23.6 Å². The third-order valence-electron chi connectivity index (χ3n) is 8.86. The van der Waals surface area contributed by atoms with E-state index in [1.54, 1.807) is 30.3 Å². The fraction of sp³-hybridized carbons (Fsp3) is 0.500. The highest BCUT2D eigenvalue weighted by Crippen LogP contribution is 2.20. The summed E-state index contributed by atoms with van der Waals surface area (Å²) in [5, 5.41) is 19.8. The number of aliphatic carboxylic acids is 1. The number of hydrogen-bond donors (Lipinski definition) is 7. The van der Waals surface area contributed by atoms with Crippen molar-refractivity contribution in [2.45, 2.75) is 88.8 Å². The van der Waals surface area contributed by atoms with E-state index in [0.717, 1.165) is 17.1 Å². The molecule has 9 N–H and O–H groups in total. The first kappa shape index (κ1) is 42.5. The molecule has 6 amide bonds. The number of nitrogens with zero attached hydrogens (tertiary/aromatic N) is 2. The van der Waals surface area contributed by atoms with Gasteiger partial charge in [0.25, 0.3) is 11.8 Å². The third kappa shape index (κ3) is 14.6. The van der Waals surface area contributed by atoms with E-state index in [4.69, 9.17) is 11.5 Å². The molecule has 1 aromatic rings. The van der Waals surface area contributed by atoms with Crippen LogP contribution in [0, 0.1) is 5.92 Å². The first-order valence-corrected chi connectivity index (χ1v) is 17.8. The van der Waals surface area contributed by atoms with Gasteiger partial charge >= 0.3 is 5.97 Å². The van der Waals surface area contributed by atoms with Crippen LogP contribution in [0.2, 0.25) is 0 Å². The van der Waals surface area contributed by atoms with Crippen LogP contribution in [0.3, 0.4) is 0 Å². The van der Waals surface area contributed by atoms with Crippen LogP contribution >= 0.6 is 0 Å². The largest absolute Gasteiger partial charge is 0.481 e. The van der Waals surface area contributed by atoms with Gasteiger partial charge in [-0.05, 0) is 37.7 Å². The Morgan fingerprint density at radius 3 is 2.15 bits per heavy atom. The van der Waals surface area contributed by atoms with Crippen LogP contribution in [0.1, 0.15) is 69.8 Å². The average Bonchev–Trinajstić information content (AvgIpc) is 3.44. The topological polar surface area (TPSA) is 290 Å². The quantitative estimate of drug-likeness (QED) is 0.0451. The molecule has 2 heterocycles. The minimum atomic E-state index is -1.56. The van der Waals surface area contributed by atoms with Crippen molar-refractivity contribution < 1.29 is 48.3 Å². The molecule has 292 valence electrons. The summed E-state index contributed by atoms with van der Waals surface area (Å²) in [5.41, 5.74) is 11.5. The van der Waals surface area contributed by atoms with E-state index >= 15 is 0 Å². The van der Waals surface area contributed by atoms with E-state index in [0.29, 0.717) is 24.8 Å². The molecule has 2 aliphatic heterocycles. The number of carbonyl (C=O) groups excluding carboxylic acids is 8. The second-order valence-electron chi connectivity index (χ2n) is 13.1. The van der Waals surface area contributed by atoms with Gasteiger partial charge in [0.15, 0.2) is 11.7 Å². The number of carboxylic acids is 1. The molecule has 0 aromatic heterocycles. The molecular formula is C36H48N8O10. The number of benzene rings is 1. The molecular weight excluding hydrogens is 704 g/mol. The van der Waals surface area contributed by atoms with Crippen LogP contribution in [-0.4, -0.2) is 107 Å². The Kier molecular flexibility index (Phi) is 17.0. The molecule has 0 spiro atoms. The minimum Gasteiger partial charge on any atom is -0.481 e. The highest BCUT2D eigenvalue weighted by Gasteiger charge is 2.33. The Hall–Kier alpha value is -5.94. The Bertz CT molecular complexity index is 1610. The van der Waals surface area contributed by atoms with Crippen molar-refractivity contribution in [3.05, 3.63) is 48.0 Å². The van der Waals surface area contributed by atoms with Gasteiger partial charge < -0.3 is 37.8 Å². The van der Waals surface area contributed by atoms with Crippen LogP contribution < -0.4 is 32.7 Å². The molecule has 4 atom stereocenters. The predicted molar refractivity (Wildman–Crippen MR) is 193 cm³/mol. The van der Waals surface area contributed by atoms with Crippen molar-refractivity contribution in [3.8, 4) is 0 Å². The zero-order valence-electron chi connectivity index (χ0n) is 29.9. The van der Waals surface area contributed by atoms with Crippen LogP contribution in [0.25, 0.3) is 0 Å². The normalized spacial score (nSPS) is 21.4. The Morgan fingerprint density at radius 2 is 1.48 bits per heavy atom. The van der Waals surface area contributed by atoms with Gasteiger partial charge in [-0.3, -0.25) is 53.0 Å². The summed E-state index contributed by atoms with van der Waals surface area (Å²) in [6.45, 7) is 0.297. The Labute approximate surface area is 311 Å². The van der Waals surface area contributed by atoms with Gasteiger partial charge in [-0.1, -0.05) is 30.3 Å². The van der Waals surface area contributed by atoms with Crippen LogP contribution in [0.4, 0.5) is 0 Å². The number of imide groups is 1. The van der Waals surface area contributed by atoms with E-state index in [-0.39, 0.29) is 70.5 Å². The Morgan fingerprint density at radius 1 is 0.815 bits per heavy atom. The van der Waals surface area contributed by atoms with Crippen molar-refractivity contribution >= 4 is 58.9 Å². The van der Waals surface area contributed by atoms with Crippen molar-refractivity contribution in [1.29, 1.82) is 0 Å². The molecule has 1 saturated heterocycles. The van der Waals surface area contributed by atoms with Gasteiger partial charge in [0.05, 0.1) is 12.5 Å². The van der Waals surface area contributed by atoms with Gasteiger partial charge in [0.1, 0.15) is 17.9 Å². The molecule has 0 aliphatic carbocycles. The van der Waals surface area contributed by atoms with Gasteiger partial charge in [0, 0.05) is 69.8 Å². The predicted octanol–water partition coefficient (Wildman–Crippen LogP) is -1.25. The van der Waals surface area contributed by atoms with Crippen LogP contribution in [0.15, 0.2) is 47.5 Å². The number of carbonyl (C=O) groups is 9. The number of nitrogens with one attached hydrogen (secondary N) is 4. The summed E-state index contributed by atoms with van der Waals surface area (Å²) < 4.78 is 0. The molecule has 18 nitrogen and oxygen atoms in total. The number of unbranched alkanes of at least 4 members (excludes halogenated alkanes) is 1. The molecule has 1 unspecified atom stereocenters. The molecule has 0 bridgehead atoms. The minimum absolute atomic E-state index is 0.0321. The molecule has 0 saturated carbocycles. The zero-order chi connectivity index (χ0) is 39.6. The summed E-state index contributed by atoms with van der Waals surface area (Å²) in [6, 6.07) is 4.70. The summed E-state index contributed by atoms with van der Waals surface area (Å²) >= 11 is 0. The van der Waals surface area contributed by atoms with Crippen molar-refractivity contribution in [2.24, 2.45) is 22.4 Å². The molecule has 0 radical (unpaired) electrons. The average molecular weight is 753 g/mol. The lowest BCUT2D eigenvalue weighted by Gasteiger charge is -2.25. The summed E-state index contributed by atoms with van der Waals surface area (Å²) in [5.74, 6) is -7.08. The molecule has 1 aromatic carbocycles. The molecule has 2 aliphatic rings. The molecule has 3 rings (SSSR count). The van der Waals surface area contributed by atoms with Gasteiger partial charge in [-0.2, -0.15) is 0 Å². The maximum absolute atomic E-state index is 13.9. The summed E-state index contributed by atoms with van der Waals surface area (Å²) in [6.07, 6.45) is 1.74. The number of nitrogens with two attached hydrogens (primary N) is 2. The van der Waals surface area contributed by atoms with Crippen LogP contribution in [-0.2, 0) is 49.6 Å². The van der Waals surface area contributed by atoms with Crippen molar-refractivity contribution in [1.82, 2.24) is 26.2 Å². The fourth-order valence-corrected chi connectivity index (χ4v) is 5.97. The maximum atomic E-state index is 13.9. The zero-order valence-corrected chi connectivity index (χ0v) is 29.9. The van der Waals surface area contributed by atoms with E-state index in [1.165, 1.54) is 0 Å². The monoisotopic (exact) mass is 752 g/mol. The first-order chi connectivity index (χ1) is 25.7. The second-order valence-corrected chi connectivity index (χ2v) is 13.1. The van der Waals surface area contributed by atoms with Gasteiger partial charge in [-0.25, -0.2) is 0 Å². The smallest absolute Gasteiger partial charge is 0.305 e. The SMILES string of the molecule is NC(N)=NCCC[C@@H]1CC(=O)C(CCCCNC(=O)CCN2C(=O)C=CC2=O)NC(=O)[C@@H](Cc2ccccc2)NC(=O)[C@@H](CC(=O)O)NC(=O)CCC1=O. The van der Waals surface area contributed by atoms with E-state index in [9.17, 15) is 48.3 Å². The lowest BCUT2D eigenvalue weighted by molar-refractivity contribution is -0.141. The number of guanidine groups is 1. The standard InChI is InChI=1S/C36H48N8O10/c37-36(38)40-17-6-9-23-20-28(46)24(10-4-5-16-39-29(47)15-18-44-31(49)13-14-32(44)50)42-34(53)25(19-22-7-2-1-3-8-22)43-35(54)26(21-33(51)52)41-30(48)12-11-27(23)45/h1-3,7-8,13-14,23-26H,4-6,9-12,15-21H2,(H,39,47)(H,41,48)(H,42,53)(H,43,54)(H,51,52)(H4,37,38,40)/t23-,24?,25-,26-/m1/s1. The number of ketones is 2. The molecule has 54 heavy (non-hydrogen) atoms. The fourth-order valence-electron chi connectivity index (χ4n) is 5.97. The first-order valence-electron chi connectivity index (χ1n) is 17.8. The number of carboxylic acid groups (broad SMARTS) is 1. The lowest BCUT2D eigenvalue weighted by atomic mass is 9.87. The van der Waals surface area contributed by atoms with Gasteiger partial charge in [-0.15, -0.1) is 0 Å². The second kappa shape index (κ2) is 21.6. The highest BCUT2D eigenvalue weighted by molar-refractivity contribution is 6.13. The van der Waals surface area contributed by atoms with E-state index < -0.39 is 83.4 Å². The van der Waals surface area contributed by atoms with E-state index in [1.807, 2.05) is 0 Å². The summed E-state index contributed by atoms with van der Waals surface area (Å²) in [7, 11) is 0. The number of amides is 6. The van der Waals surface area contributed by atoms with Crippen LogP contribution in [0.5, 0.6) is 0 Å². The lowest BCUT2D eigenvalue weighted by Crippen LogP contribution is -2.56. The molecule has 18 heteroatoms. The summed E-state index contributed by atoms with van der Waals surface area (Å²) in [4.78, 5) is 120. The number of aliphatic imine (C=N–C) groups is 1. The highest BCUT2D eigenvalue weighted by atomic mass is 16.4. The number of rotatable bonds is 16. The number of Topliss-reactive ketones (excluding diaryl/α,β-unsaturated/α-hetero) is 2. The third-order valence-corrected chi connectivity index (χ3v) is 8.86. The maximum Gasteiger partial charge on any atom is 0.305 e. The number of hydrogen-bond acceptors (Lipinski definition) is 10. The van der Waals surface area contributed by atoms with E-state index in [2.05, 4.69) is 26.3 Å². The van der Waals surface area contributed by atoms with Crippen molar-refractivity contribution in [3.63, 3.8) is 0 Å². The van der Waals surface area contributed by atoms with Crippen molar-refractivity contribution in [2.75, 3.05) is 19.6 Å².